The minimum atomic E-state index is 0.197. The lowest BCUT2D eigenvalue weighted by Crippen LogP contribution is -2.21. The average molecular weight is 218 g/mol. The van der Waals surface area contributed by atoms with E-state index in [0.29, 0.717) is 17.8 Å². The maximum Gasteiger partial charge on any atom is 0.225 e. The Bertz CT molecular complexity index is 279. The van der Waals surface area contributed by atoms with E-state index in [9.17, 15) is 0 Å². The van der Waals surface area contributed by atoms with Crippen molar-refractivity contribution >= 4 is 11.6 Å². The zero-order chi connectivity index (χ0) is 10.7. The van der Waals surface area contributed by atoms with Crippen LogP contribution in [0.15, 0.2) is 0 Å². The van der Waals surface area contributed by atoms with E-state index >= 15 is 0 Å². The lowest BCUT2D eigenvalue weighted by atomic mass is 10.1. The van der Waals surface area contributed by atoms with Gasteiger partial charge in [-0.1, -0.05) is 13.8 Å². The van der Waals surface area contributed by atoms with E-state index in [2.05, 4.69) is 24.0 Å². The highest BCUT2D eigenvalue weighted by atomic mass is 35.5. The van der Waals surface area contributed by atoms with Gasteiger partial charge in [0.05, 0.1) is 12.6 Å². The minimum absolute atomic E-state index is 0.197. The Morgan fingerprint density at radius 3 is 2.43 bits per heavy atom. The molecule has 14 heavy (non-hydrogen) atoms. The lowest BCUT2D eigenvalue weighted by Gasteiger charge is -2.22. The zero-order valence-electron chi connectivity index (χ0n) is 8.99. The molecule has 0 saturated carbocycles. The molecular weight excluding hydrogens is 202 g/mol. The Balaban J connectivity index is 2.98. The molecule has 1 aromatic rings. The van der Waals surface area contributed by atoms with E-state index in [-0.39, 0.29) is 6.04 Å². The summed E-state index contributed by atoms with van der Waals surface area (Å²) in [5.74, 6) is 1.26. The monoisotopic (exact) mass is 217 g/mol. The van der Waals surface area contributed by atoms with Crippen LogP contribution in [0.5, 0.6) is 0 Å². The first-order valence-electron chi connectivity index (χ1n) is 4.63. The number of halogens is 1. The van der Waals surface area contributed by atoms with Crippen molar-refractivity contribution in [1.82, 2.24) is 14.8 Å². The van der Waals surface area contributed by atoms with Crippen molar-refractivity contribution < 1.29 is 4.74 Å². The molecular formula is C9H16ClN3O. The first-order chi connectivity index (χ1) is 6.57. The van der Waals surface area contributed by atoms with Gasteiger partial charge in [0, 0.05) is 7.11 Å². The van der Waals surface area contributed by atoms with Gasteiger partial charge in [-0.3, -0.25) is 4.57 Å². The second kappa shape index (κ2) is 4.75. The standard InChI is InChI=1S/C9H16ClN3O/c1-6(2)8(5-14-4)13-7(3)11-12-9(13)10/h6,8H,5H2,1-4H3. The van der Waals surface area contributed by atoms with Crippen LogP contribution in [0.2, 0.25) is 5.28 Å². The summed E-state index contributed by atoms with van der Waals surface area (Å²) in [6, 6.07) is 0.197. The van der Waals surface area contributed by atoms with Crippen molar-refractivity contribution in [1.29, 1.82) is 0 Å². The van der Waals surface area contributed by atoms with Crippen molar-refractivity contribution in [2.24, 2.45) is 5.92 Å². The van der Waals surface area contributed by atoms with Crippen molar-refractivity contribution in [3.63, 3.8) is 0 Å². The molecule has 0 aliphatic heterocycles. The Morgan fingerprint density at radius 2 is 2.07 bits per heavy atom. The smallest absolute Gasteiger partial charge is 0.225 e. The molecule has 0 aliphatic rings. The molecule has 0 fully saturated rings. The zero-order valence-corrected chi connectivity index (χ0v) is 9.75. The number of nitrogens with zero attached hydrogens (tertiary/aromatic N) is 3. The molecule has 5 heteroatoms. The number of ether oxygens (including phenoxy) is 1. The molecule has 0 N–H and O–H groups in total. The maximum absolute atomic E-state index is 5.95. The first-order valence-corrected chi connectivity index (χ1v) is 5.01. The Kier molecular flexibility index (Phi) is 3.89. The summed E-state index contributed by atoms with van der Waals surface area (Å²) < 4.78 is 7.08. The molecule has 1 atom stereocenters. The SMILES string of the molecule is COCC(C(C)C)n1c(C)nnc1Cl. The fourth-order valence-corrected chi connectivity index (χ4v) is 1.74. The number of rotatable bonds is 4. The Hall–Kier alpha value is -0.610. The molecule has 1 unspecified atom stereocenters. The quantitative estimate of drug-likeness (QED) is 0.776. The third-order valence-electron chi connectivity index (χ3n) is 2.26. The number of hydrogen-bond donors (Lipinski definition) is 0. The van der Waals surface area contributed by atoms with Crippen molar-refractivity contribution in [3.05, 3.63) is 11.1 Å². The van der Waals surface area contributed by atoms with Gasteiger partial charge in [0.15, 0.2) is 0 Å². The summed E-state index contributed by atoms with van der Waals surface area (Å²) in [5.41, 5.74) is 0. The highest BCUT2D eigenvalue weighted by Crippen LogP contribution is 2.23. The van der Waals surface area contributed by atoms with Gasteiger partial charge in [-0.15, -0.1) is 10.2 Å². The number of methoxy groups -OCH3 is 1. The molecule has 1 heterocycles. The molecule has 0 saturated heterocycles. The van der Waals surface area contributed by atoms with Gasteiger partial charge in [0.1, 0.15) is 5.82 Å². The van der Waals surface area contributed by atoms with Crippen LogP contribution < -0.4 is 0 Å². The van der Waals surface area contributed by atoms with Crippen molar-refractivity contribution in [3.8, 4) is 0 Å². The van der Waals surface area contributed by atoms with Gasteiger partial charge in [-0.05, 0) is 24.4 Å². The molecule has 4 nitrogen and oxygen atoms in total. The predicted octanol–water partition coefficient (Wildman–Crippen LogP) is 2.08. The van der Waals surface area contributed by atoms with Crippen LogP contribution in [0, 0.1) is 12.8 Å². The molecule has 0 spiro atoms. The van der Waals surface area contributed by atoms with Crippen molar-refractivity contribution in [2.45, 2.75) is 26.8 Å². The molecule has 0 aliphatic carbocycles. The largest absolute Gasteiger partial charge is 0.383 e. The van der Waals surface area contributed by atoms with Gasteiger partial charge in [0.25, 0.3) is 0 Å². The van der Waals surface area contributed by atoms with Crippen LogP contribution in [0.4, 0.5) is 0 Å². The molecule has 80 valence electrons. The van der Waals surface area contributed by atoms with Crippen molar-refractivity contribution in [2.75, 3.05) is 13.7 Å². The van der Waals surface area contributed by atoms with Crippen LogP contribution in [0.3, 0.4) is 0 Å². The first kappa shape index (κ1) is 11.5. The van der Waals surface area contributed by atoms with E-state index in [0.717, 1.165) is 5.82 Å². The fraction of sp³-hybridized carbons (Fsp3) is 0.778. The van der Waals surface area contributed by atoms with Gasteiger partial charge in [-0.25, -0.2) is 0 Å². The van der Waals surface area contributed by atoms with E-state index < -0.39 is 0 Å². The highest BCUT2D eigenvalue weighted by Gasteiger charge is 2.20. The average Bonchev–Trinajstić information content (AvgIpc) is 2.43. The lowest BCUT2D eigenvalue weighted by molar-refractivity contribution is 0.132. The third-order valence-corrected chi connectivity index (χ3v) is 2.52. The van der Waals surface area contributed by atoms with Crippen LogP contribution in [0.25, 0.3) is 0 Å². The summed E-state index contributed by atoms with van der Waals surface area (Å²) in [6.07, 6.45) is 0. The minimum Gasteiger partial charge on any atom is -0.383 e. The van der Waals surface area contributed by atoms with Gasteiger partial charge < -0.3 is 4.74 Å². The van der Waals surface area contributed by atoms with Gasteiger partial charge in [-0.2, -0.15) is 0 Å². The summed E-state index contributed by atoms with van der Waals surface area (Å²) in [6.45, 7) is 6.76. The Labute approximate surface area is 89.2 Å². The molecule has 0 radical (unpaired) electrons. The molecule has 0 aromatic carbocycles. The third kappa shape index (κ3) is 2.25. The van der Waals surface area contributed by atoms with Gasteiger partial charge in [0.2, 0.25) is 5.28 Å². The van der Waals surface area contributed by atoms with Crippen LogP contribution in [-0.4, -0.2) is 28.5 Å². The second-order valence-electron chi connectivity index (χ2n) is 3.65. The fourth-order valence-electron chi connectivity index (χ4n) is 1.46. The van der Waals surface area contributed by atoms with E-state index in [1.165, 1.54) is 0 Å². The van der Waals surface area contributed by atoms with Crippen LogP contribution in [0.1, 0.15) is 25.7 Å². The highest BCUT2D eigenvalue weighted by molar-refractivity contribution is 6.28. The Morgan fingerprint density at radius 1 is 1.43 bits per heavy atom. The van der Waals surface area contributed by atoms with E-state index in [1.807, 2.05) is 11.5 Å². The summed E-state index contributed by atoms with van der Waals surface area (Å²) in [5, 5.41) is 8.18. The molecule has 1 rings (SSSR count). The number of aromatic nitrogens is 3. The van der Waals surface area contributed by atoms with E-state index in [4.69, 9.17) is 16.3 Å². The van der Waals surface area contributed by atoms with E-state index in [1.54, 1.807) is 7.11 Å². The normalized spacial score (nSPS) is 13.6. The maximum atomic E-state index is 5.95. The summed E-state index contributed by atoms with van der Waals surface area (Å²) in [4.78, 5) is 0. The number of hydrogen-bond acceptors (Lipinski definition) is 3. The van der Waals surface area contributed by atoms with Gasteiger partial charge >= 0.3 is 0 Å². The topological polar surface area (TPSA) is 39.9 Å². The number of aryl methyl sites for hydroxylation is 1. The molecule has 1 aromatic heterocycles. The van der Waals surface area contributed by atoms with Crippen LogP contribution in [-0.2, 0) is 4.74 Å². The summed E-state index contributed by atoms with van der Waals surface area (Å²) >= 11 is 5.95. The summed E-state index contributed by atoms with van der Waals surface area (Å²) in [7, 11) is 1.68. The predicted molar refractivity (Wildman–Crippen MR) is 55.5 cm³/mol. The van der Waals surface area contributed by atoms with Crippen LogP contribution >= 0.6 is 11.6 Å². The molecule has 0 amide bonds. The molecule has 0 bridgehead atoms. The second-order valence-corrected chi connectivity index (χ2v) is 3.99.